The molecular weight excluding hydrogens is 246 g/mol. The van der Waals surface area contributed by atoms with Crippen molar-refractivity contribution in [3.8, 4) is 0 Å². The highest BCUT2D eigenvalue weighted by molar-refractivity contribution is 5.01. The zero-order valence-electron chi connectivity index (χ0n) is 13.3. The third-order valence-electron chi connectivity index (χ3n) is 3.74. The van der Waals surface area contributed by atoms with Crippen LogP contribution in [-0.2, 0) is 0 Å². The first kappa shape index (κ1) is 17.1. The SMILES string of the molecule is CCCCCCCCCCC(NCC)c1cnccn1. The molecule has 1 atom stereocenters. The Hall–Kier alpha value is -0.960. The van der Waals surface area contributed by atoms with E-state index in [1.54, 1.807) is 12.4 Å². The van der Waals surface area contributed by atoms with Crippen LogP contribution in [0.4, 0.5) is 0 Å². The molecule has 1 rings (SSSR count). The quantitative estimate of drug-likeness (QED) is 0.565. The minimum Gasteiger partial charge on any atom is -0.309 e. The lowest BCUT2D eigenvalue weighted by Crippen LogP contribution is -2.21. The summed E-state index contributed by atoms with van der Waals surface area (Å²) in [6.07, 6.45) is 17.5. The summed E-state index contributed by atoms with van der Waals surface area (Å²) in [6.45, 7) is 5.41. The Bertz CT molecular complexity index is 313. The molecule has 114 valence electrons. The Balaban J connectivity index is 2.14. The van der Waals surface area contributed by atoms with Crippen molar-refractivity contribution >= 4 is 0 Å². The molecule has 0 amide bonds. The molecule has 0 aliphatic heterocycles. The molecule has 0 aromatic carbocycles. The maximum Gasteiger partial charge on any atom is 0.0756 e. The fraction of sp³-hybridized carbons (Fsp3) is 0.765. The summed E-state index contributed by atoms with van der Waals surface area (Å²) in [6, 6.07) is 0.369. The number of hydrogen-bond acceptors (Lipinski definition) is 3. The summed E-state index contributed by atoms with van der Waals surface area (Å²) in [5.74, 6) is 0. The van der Waals surface area contributed by atoms with Crippen LogP contribution in [0.2, 0.25) is 0 Å². The standard InChI is InChI=1S/C17H31N3/c1-3-5-6-7-8-9-10-11-12-16(19-4-2)17-15-18-13-14-20-17/h13-16,19H,3-12H2,1-2H3. The zero-order chi connectivity index (χ0) is 14.5. The molecule has 0 fully saturated rings. The first-order valence-corrected chi connectivity index (χ1v) is 8.37. The van der Waals surface area contributed by atoms with E-state index in [9.17, 15) is 0 Å². The summed E-state index contributed by atoms with van der Waals surface area (Å²) in [7, 11) is 0. The van der Waals surface area contributed by atoms with Gasteiger partial charge in [0.15, 0.2) is 0 Å². The number of hydrogen-bond donors (Lipinski definition) is 1. The lowest BCUT2D eigenvalue weighted by Gasteiger charge is -2.16. The first-order valence-electron chi connectivity index (χ1n) is 8.37. The number of unbranched alkanes of at least 4 members (excludes halogenated alkanes) is 7. The van der Waals surface area contributed by atoms with Gasteiger partial charge in [-0.3, -0.25) is 9.97 Å². The Morgan fingerprint density at radius 1 is 0.950 bits per heavy atom. The van der Waals surface area contributed by atoms with Gasteiger partial charge in [0.25, 0.3) is 0 Å². The van der Waals surface area contributed by atoms with Crippen LogP contribution in [0.5, 0.6) is 0 Å². The fourth-order valence-electron chi connectivity index (χ4n) is 2.57. The second-order valence-electron chi connectivity index (χ2n) is 5.50. The highest BCUT2D eigenvalue weighted by Gasteiger charge is 2.10. The maximum atomic E-state index is 4.42. The van der Waals surface area contributed by atoms with E-state index < -0.39 is 0 Å². The van der Waals surface area contributed by atoms with Crippen LogP contribution in [0.1, 0.15) is 83.4 Å². The molecule has 20 heavy (non-hydrogen) atoms. The topological polar surface area (TPSA) is 37.8 Å². The predicted octanol–water partition coefficient (Wildman–Crippen LogP) is 4.66. The molecule has 1 unspecified atom stereocenters. The second kappa shape index (κ2) is 11.8. The molecule has 0 bridgehead atoms. The highest BCUT2D eigenvalue weighted by Crippen LogP contribution is 2.18. The van der Waals surface area contributed by atoms with Gasteiger partial charge in [0.05, 0.1) is 11.7 Å². The average molecular weight is 277 g/mol. The summed E-state index contributed by atoms with van der Waals surface area (Å²) < 4.78 is 0. The van der Waals surface area contributed by atoms with Gasteiger partial charge in [-0.1, -0.05) is 65.2 Å². The van der Waals surface area contributed by atoms with Gasteiger partial charge in [-0.2, -0.15) is 0 Å². The summed E-state index contributed by atoms with van der Waals surface area (Å²) in [5.41, 5.74) is 1.08. The van der Waals surface area contributed by atoms with Crippen molar-refractivity contribution in [3.05, 3.63) is 24.3 Å². The van der Waals surface area contributed by atoms with Crippen LogP contribution < -0.4 is 5.32 Å². The van der Waals surface area contributed by atoms with Gasteiger partial charge in [-0.25, -0.2) is 0 Å². The van der Waals surface area contributed by atoms with E-state index in [2.05, 4.69) is 29.1 Å². The molecule has 1 aromatic rings. The molecule has 1 N–H and O–H groups in total. The molecule has 1 heterocycles. The van der Waals surface area contributed by atoms with Crippen molar-refractivity contribution in [2.75, 3.05) is 6.54 Å². The van der Waals surface area contributed by atoms with Crippen molar-refractivity contribution in [1.82, 2.24) is 15.3 Å². The smallest absolute Gasteiger partial charge is 0.0756 e. The molecular formula is C17H31N3. The van der Waals surface area contributed by atoms with Gasteiger partial charge in [0.1, 0.15) is 0 Å². The molecule has 3 nitrogen and oxygen atoms in total. The second-order valence-corrected chi connectivity index (χ2v) is 5.50. The van der Waals surface area contributed by atoms with Crippen molar-refractivity contribution in [2.24, 2.45) is 0 Å². The normalized spacial score (nSPS) is 12.5. The van der Waals surface area contributed by atoms with Crippen LogP contribution in [0, 0.1) is 0 Å². The van der Waals surface area contributed by atoms with Gasteiger partial charge < -0.3 is 5.32 Å². The molecule has 0 spiro atoms. The van der Waals surface area contributed by atoms with E-state index in [1.165, 1.54) is 57.8 Å². The Morgan fingerprint density at radius 3 is 2.25 bits per heavy atom. The summed E-state index contributed by atoms with van der Waals surface area (Å²) in [4.78, 5) is 8.59. The van der Waals surface area contributed by atoms with E-state index in [1.807, 2.05) is 6.20 Å². The van der Waals surface area contributed by atoms with Crippen LogP contribution in [0.25, 0.3) is 0 Å². The monoisotopic (exact) mass is 277 g/mol. The molecule has 1 aromatic heterocycles. The van der Waals surface area contributed by atoms with E-state index in [4.69, 9.17) is 0 Å². The van der Waals surface area contributed by atoms with E-state index in [-0.39, 0.29) is 0 Å². The summed E-state index contributed by atoms with van der Waals surface area (Å²) in [5, 5.41) is 3.52. The van der Waals surface area contributed by atoms with Gasteiger partial charge in [0, 0.05) is 18.6 Å². The molecule has 0 aliphatic rings. The Kier molecular flexibility index (Phi) is 10.1. The van der Waals surface area contributed by atoms with Crippen molar-refractivity contribution in [3.63, 3.8) is 0 Å². The van der Waals surface area contributed by atoms with E-state index >= 15 is 0 Å². The maximum absolute atomic E-state index is 4.42. The third kappa shape index (κ3) is 7.59. The Labute approximate surface area is 124 Å². The minimum absolute atomic E-state index is 0.369. The van der Waals surface area contributed by atoms with Crippen molar-refractivity contribution < 1.29 is 0 Å². The summed E-state index contributed by atoms with van der Waals surface area (Å²) >= 11 is 0. The van der Waals surface area contributed by atoms with Crippen LogP contribution in [-0.4, -0.2) is 16.5 Å². The lowest BCUT2D eigenvalue weighted by atomic mass is 10.0. The van der Waals surface area contributed by atoms with Crippen molar-refractivity contribution in [1.29, 1.82) is 0 Å². The minimum atomic E-state index is 0.369. The van der Waals surface area contributed by atoms with E-state index in [0.29, 0.717) is 6.04 Å². The molecule has 0 aliphatic carbocycles. The van der Waals surface area contributed by atoms with Crippen LogP contribution in [0.15, 0.2) is 18.6 Å². The number of nitrogens with one attached hydrogen (secondary N) is 1. The highest BCUT2D eigenvalue weighted by atomic mass is 14.9. The fourth-order valence-corrected chi connectivity index (χ4v) is 2.57. The molecule has 3 heteroatoms. The average Bonchev–Trinajstić information content (AvgIpc) is 2.50. The van der Waals surface area contributed by atoms with Gasteiger partial charge >= 0.3 is 0 Å². The number of rotatable bonds is 12. The number of aromatic nitrogens is 2. The lowest BCUT2D eigenvalue weighted by molar-refractivity contribution is 0.465. The van der Waals surface area contributed by atoms with Gasteiger partial charge in [0.2, 0.25) is 0 Å². The molecule has 0 saturated heterocycles. The van der Waals surface area contributed by atoms with Gasteiger partial charge in [-0.05, 0) is 13.0 Å². The van der Waals surface area contributed by atoms with Crippen molar-refractivity contribution in [2.45, 2.75) is 77.7 Å². The first-order chi connectivity index (χ1) is 9.88. The number of nitrogens with zero attached hydrogens (tertiary/aromatic N) is 2. The van der Waals surface area contributed by atoms with Crippen LogP contribution >= 0.6 is 0 Å². The largest absolute Gasteiger partial charge is 0.309 e. The zero-order valence-corrected chi connectivity index (χ0v) is 13.3. The predicted molar refractivity (Wildman–Crippen MR) is 85.7 cm³/mol. The molecule has 0 saturated carbocycles. The van der Waals surface area contributed by atoms with Gasteiger partial charge in [-0.15, -0.1) is 0 Å². The third-order valence-corrected chi connectivity index (χ3v) is 3.74. The molecule has 0 radical (unpaired) electrons. The van der Waals surface area contributed by atoms with Crippen LogP contribution in [0.3, 0.4) is 0 Å². The Morgan fingerprint density at radius 2 is 1.65 bits per heavy atom. The van der Waals surface area contributed by atoms with E-state index in [0.717, 1.165) is 12.2 Å².